The van der Waals surface area contributed by atoms with Gasteiger partial charge in [0, 0.05) is 18.5 Å². The van der Waals surface area contributed by atoms with E-state index in [1.807, 2.05) is 25.7 Å². The van der Waals surface area contributed by atoms with Crippen molar-refractivity contribution < 1.29 is 14.7 Å². The van der Waals surface area contributed by atoms with Gasteiger partial charge in [0.05, 0.1) is 18.1 Å². The van der Waals surface area contributed by atoms with Crippen molar-refractivity contribution in [1.29, 1.82) is 0 Å². The molecule has 4 atom stereocenters. The van der Waals surface area contributed by atoms with Crippen molar-refractivity contribution in [3.05, 3.63) is 0 Å². The predicted octanol–water partition coefficient (Wildman–Crippen LogP) is 1.42. The van der Waals surface area contributed by atoms with Crippen molar-refractivity contribution in [3.8, 4) is 0 Å². The molecule has 3 N–H and O–H groups in total. The van der Waals surface area contributed by atoms with E-state index in [2.05, 4.69) is 12.1 Å². The van der Waals surface area contributed by atoms with E-state index in [0.717, 1.165) is 12.8 Å². The molecule has 2 fully saturated rings. The number of oxime groups is 1. The van der Waals surface area contributed by atoms with Crippen molar-refractivity contribution in [1.82, 2.24) is 4.90 Å². The number of ether oxygens (including phenoxy) is 1. The average Bonchev–Trinajstić information content (AvgIpc) is 2.71. The Labute approximate surface area is 126 Å². The number of carbonyl (C=O) groups is 1. The Morgan fingerprint density at radius 2 is 1.86 bits per heavy atom. The van der Waals surface area contributed by atoms with E-state index >= 15 is 0 Å². The second-order valence-electron chi connectivity index (χ2n) is 6.80. The summed E-state index contributed by atoms with van der Waals surface area (Å²) >= 11 is 0. The van der Waals surface area contributed by atoms with Crippen LogP contribution in [0.2, 0.25) is 0 Å². The summed E-state index contributed by atoms with van der Waals surface area (Å²) in [6.45, 7) is 9.37. The SMILES string of the molecule is CC1OC(C)C(C(=O)N2CCC(C)(C(N)=NO)CC2)C1C. The molecule has 2 saturated heterocycles. The average molecular weight is 297 g/mol. The first kappa shape index (κ1) is 16.1. The zero-order valence-electron chi connectivity index (χ0n) is 13.4. The molecule has 0 bridgehead atoms. The van der Waals surface area contributed by atoms with Gasteiger partial charge in [-0.25, -0.2) is 0 Å². The Kier molecular flexibility index (Phi) is 4.46. The number of hydrogen-bond donors (Lipinski definition) is 2. The van der Waals surface area contributed by atoms with Crippen LogP contribution in [-0.2, 0) is 9.53 Å². The molecule has 6 nitrogen and oxygen atoms in total. The van der Waals surface area contributed by atoms with Gasteiger partial charge in [-0.1, -0.05) is 19.0 Å². The number of nitrogens with two attached hydrogens (primary N) is 1. The normalized spacial score (nSPS) is 36.8. The summed E-state index contributed by atoms with van der Waals surface area (Å²) in [5.41, 5.74) is 5.45. The number of amidine groups is 1. The number of hydrogen-bond acceptors (Lipinski definition) is 4. The molecule has 0 aliphatic carbocycles. The van der Waals surface area contributed by atoms with Crippen molar-refractivity contribution in [2.75, 3.05) is 13.1 Å². The molecule has 0 aromatic carbocycles. The lowest BCUT2D eigenvalue weighted by Gasteiger charge is -2.40. The Morgan fingerprint density at radius 3 is 2.29 bits per heavy atom. The largest absolute Gasteiger partial charge is 0.409 e. The third-order valence-electron chi connectivity index (χ3n) is 5.43. The van der Waals surface area contributed by atoms with Crippen LogP contribution in [0.5, 0.6) is 0 Å². The summed E-state index contributed by atoms with van der Waals surface area (Å²) in [6.07, 6.45) is 1.54. The summed E-state index contributed by atoms with van der Waals surface area (Å²) in [5, 5.41) is 12.0. The Hall–Kier alpha value is -1.30. The van der Waals surface area contributed by atoms with Gasteiger partial charge < -0.3 is 20.6 Å². The highest BCUT2D eigenvalue weighted by Gasteiger charge is 2.45. The molecule has 2 heterocycles. The number of likely N-dealkylation sites (tertiary alicyclic amines) is 1. The van der Waals surface area contributed by atoms with Crippen molar-refractivity contribution in [3.63, 3.8) is 0 Å². The Balaban J connectivity index is 2.01. The molecule has 120 valence electrons. The van der Waals surface area contributed by atoms with Crippen LogP contribution in [0.25, 0.3) is 0 Å². The number of amides is 1. The number of carbonyl (C=O) groups excluding carboxylic acids is 1. The minimum atomic E-state index is -0.317. The minimum Gasteiger partial charge on any atom is -0.409 e. The number of nitrogens with zero attached hydrogens (tertiary/aromatic N) is 2. The maximum atomic E-state index is 12.8. The minimum absolute atomic E-state index is 0.0279. The Morgan fingerprint density at radius 1 is 1.29 bits per heavy atom. The van der Waals surface area contributed by atoms with Crippen LogP contribution in [0.3, 0.4) is 0 Å². The van der Waals surface area contributed by atoms with Crippen molar-refractivity contribution >= 4 is 11.7 Å². The summed E-state index contributed by atoms with van der Waals surface area (Å²) < 4.78 is 5.77. The second-order valence-corrected chi connectivity index (χ2v) is 6.80. The highest BCUT2D eigenvalue weighted by molar-refractivity contribution is 5.86. The van der Waals surface area contributed by atoms with Gasteiger partial charge in [0.2, 0.25) is 5.91 Å². The molecule has 6 heteroatoms. The molecule has 21 heavy (non-hydrogen) atoms. The van der Waals surface area contributed by atoms with Gasteiger partial charge in [-0.15, -0.1) is 0 Å². The first-order valence-corrected chi connectivity index (χ1v) is 7.72. The van der Waals surface area contributed by atoms with E-state index in [1.54, 1.807) is 0 Å². The van der Waals surface area contributed by atoms with E-state index in [9.17, 15) is 4.79 Å². The van der Waals surface area contributed by atoms with Gasteiger partial charge >= 0.3 is 0 Å². The van der Waals surface area contributed by atoms with E-state index in [-0.39, 0.29) is 41.2 Å². The van der Waals surface area contributed by atoms with Gasteiger partial charge in [0.25, 0.3) is 0 Å². The second kappa shape index (κ2) is 5.83. The standard InChI is InChI=1S/C15H27N3O3/c1-9-10(2)21-11(3)12(9)13(19)18-7-5-15(4,6-8-18)14(16)17-20/h9-12,20H,5-8H2,1-4H3,(H2,16,17). The molecule has 0 aromatic heterocycles. The lowest BCUT2D eigenvalue weighted by atomic mass is 9.78. The van der Waals surface area contributed by atoms with Gasteiger partial charge in [-0.3, -0.25) is 4.79 Å². The quantitative estimate of drug-likeness (QED) is 0.349. The third kappa shape index (κ3) is 2.86. The highest BCUT2D eigenvalue weighted by Crippen LogP contribution is 2.36. The molecule has 1 amide bonds. The van der Waals surface area contributed by atoms with Crippen LogP contribution in [0, 0.1) is 17.3 Å². The van der Waals surface area contributed by atoms with Crippen molar-refractivity contribution in [2.24, 2.45) is 28.1 Å². The lowest BCUT2D eigenvalue weighted by Crippen LogP contribution is -2.50. The van der Waals surface area contributed by atoms with Crippen LogP contribution >= 0.6 is 0 Å². The van der Waals surface area contributed by atoms with Gasteiger partial charge in [0.15, 0.2) is 0 Å². The molecular formula is C15H27N3O3. The monoisotopic (exact) mass is 297 g/mol. The first-order valence-electron chi connectivity index (χ1n) is 7.72. The van der Waals surface area contributed by atoms with E-state index < -0.39 is 0 Å². The van der Waals surface area contributed by atoms with Crippen LogP contribution in [0.15, 0.2) is 5.16 Å². The number of piperidine rings is 1. The van der Waals surface area contributed by atoms with E-state index in [0.29, 0.717) is 13.1 Å². The van der Waals surface area contributed by atoms with Crippen LogP contribution in [-0.4, -0.2) is 47.1 Å². The molecule has 0 spiro atoms. The summed E-state index contributed by atoms with van der Waals surface area (Å²) in [6, 6.07) is 0. The smallest absolute Gasteiger partial charge is 0.228 e. The fourth-order valence-corrected chi connectivity index (χ4v) is 3.50. The third-order valence-corrected chi connectivity index (χ3v) is 5.43. The summed E-state index contributed by atoms with van der Waals surface area (Å²) in [4.78, 5) is 14.7. The molecule has 0 saturated carbocycles. The maximum Gasteiger partial charge on any atom is 0.228 e. The molecule has 2 aliphatic rings. The summed E-state index contributed by atoms with van der Waals surface area (Å²) in [5.74, 6) is 0.619. The first-order chi connectivity index (χ1) is 9.80. The highest BCUT2D eigenvalue weighted by atomic mass is 16.5. The molecule has 4 unspecified atom stereocenters. The van der Waals surface area contributed by atoms with Crippen molar-refractivity contribution in [2.45, 2.75) is 52.7 Å². The van der Waals surface area contributed by atoms with Gasteiger partial charge in [-0.2, -0.15) is 0 Å². The molecular weight excluding hydrogens is 270 g/mol. The zero-order valence-corrected chi connectivity index (χ0v) is 13.4. The molecule has 2 rings (SSSR count). The fourth-order valence-electron chi connectivity index (χ4n) is 3.50. The molecule has 0 radical (unpaired) electrons. The van der Waals surface area contributed by atoms with Crippen LogP contribution < -0.4 is 5.73 Å². The fraction of sp³-hybridized carbons (Fsp3) is 0.867. The van der Waals surface area contributed by atoms with E-state index in [4.69, 9.17) is 15.7 Å². The topological polar surface area (TPSA) is 88.2 Å². The van der Waals surface area contributed by atoms with Crippen LogP contribution in [0.1, 0.15) is 40.5 Å². The van der Waals surface area contributed by atoms with E-state index in [1.165, 1.54) is 0 Å². The summed E-state index contributed by atoms with van der Waals surface area (Å²) in [7, 11) is 0. The van der Waals surface area contributed by atoms with Gasteiger partial charge in [0.1, 0.15) is 5.84 Å². The Bertz CT molecular complexity index is 430. The molecule has 2 aliphatic heterocycles. The predicted molar refractivity (Wildman–Crippen MR) is 80.0 cm³/mol. The van der Waals surface area contributed by atoms with Crippen LogP contribution in [0.4, 0.5) is 0 Å². The van der Waals surface area contributed by atoms with Gasteiger partial charge in [-0.05, 0) is 32.6 Å². The zero-order chi connectivity index (χ0) is 15.8. The number of rotatable bonds is 2. The maximum absolute atomic E-state index is 12.8. The lowest BCUT2D eigenvalue weighted by molar-refractivity contribution is -0.139. The molecule has 0 aromatic rings.